The molecule has 0 aliphatic carbocycles. The summed E-state index contributed by atoms with van der Waals surface area (Å²) in [7, 11) is 1.82. The fourth-order valence-corrected chi connectivity index (χ4v) is 3.93. The molecule has 1 unspecified atom stereocenters. The predicted octanol–water partition coefficient (Wildman–Crippen LogP) is 3.26. The van der Waals surface area contributed by atoms with Crippen molar-refractivity contribution in [2.75, 3.05) is 5.73 Å². The zero-order valence-corrected chi connectivity index (χ0v) is 19.5. The highest BCUT2D eigenvalue weighted by molar-refractivity contribution is 5.98. The molecule has 0 spiro atoms. The van der Waals surface area contributed by atoms with E-state index in [1.165, 1.54) is 0 Å². The zero-order valence-electron chi connectivity index (χ0n) is 19.5. The van der Waals surface area contributed by atoms with Crippen LogP contribution in [0.15, 0.2) is 61.1 Å². The first-order chi connectivity index (χ1) is 16.9. The van der Waals surface area contributed by atoms with Gasteiger partial charge in [0.25, 0.3) is 5.91 Å². The second-order valence-corrected chi connectivity index (χ2v) is 8.23. The Hall–Kier alpha value is -4.73. The number of carbonyl (C=O) groups is 1. The smallest absolute Gasteiger partial charge is 0.274 e. The Balaban J connectivity index is 1.60. The van der Waals surface area contributed by atoms with Crippen LogP contribution in [0.2, 0.25) is 0 Å². The Bertz CT molecular complexity index is 1560. The van der Waals surface area contributed by atoms with E-state index >= 15 is 0 Å². The first-order valence-corrected chi connectivity index (χ1v) is 11.0. The van der Waals surface area contributed by atoms with Crippen molar-refractivity contribution in [3.63, 3.8) is 0 Å². The third-order valence-corrected chi connectivity index (χ3v) is 5.69. The van der Waals surface area contributed by atoms with E-state index in [2.05, 4.69) is 30.6 Å². The van der Waals surface area contributed by atoms with Gasteiger partial charge in [0.1, 0.15) is 11.4 Å². The molecule has 4 heterocycles. The summed E-state index contributed by atoms with van der Waals surface area (Å²) in [6.45, 7) is 3.74. The molecule has 0 aliphatic heterocycles. The van der Waals surface area contributed by atoms with Crippen LogP contribution in [0.3, 0.4) is 0 Å². The lowest BCUT2D eigenvalue weighted by molar-refractivity contribution is 0.0934. The van der Waals surface area contributed by atoms with Crippen molar-refractivity contribution in [3.05, 3.63) is 78.0 Å². The maximum absolute atomic E-state index is 13.2. The van der Waals surface area contributed by atoms with Gasteiger partial charge in [-0.05, 0) is 49.7 Å². The second-order valence-electron chi connectivity index (χ2n) is 8.23. The number of hydrogen-bond donors (Lipinski definition) is 2. The van der Waals surface area contributed by atoms with Crippen molar-refractivity contribution in [3.8, 4) is 22.6 Å². The van der Waals surface area contributed by atoms with E-state index in [0.717, 1.165) is 22.0 Å². The van der Waals surface area contributed by atoms with Gasteiger partial charge in [-0.15, -0.1) is 0 Å². The van der Waals surface area contributed by atoms with Crippen LogP contribution in [-0.2, 0) is 7.05 Å². The SMILES string of the molecule is Cc1ccnnc1C(C)NC(=O)c1nc(-c2ccc3ncccc3c2)c(-c2ccn(C)n2)nc1N. The van der Waals surface area contributed by atoms with E-state index in [4.69, 9.17) is 10.7 Å². The number of nitrogens with zero attached hydrogens (tertiary/aromatic N) is 7. The Kier molecular flexibility index (Phi) is 5.61. The molecular formula is C25H23N9O. The average Bonchev–Trinajstić information content (AvgIpc) is 3.29. The summed E-state index contributed by atoms with van der Waals surface area (Å²) in [5, 5.41) is 16.4. The Morgan fingerprint density at radius 2 is 1.94 bits per heavy atom. The van der Waals surface area contributed by atoms with Crippen LogP contribution in [0.4, 0.5) is 5.82 Å². The van der Waals surface area contributed by atoms with Gasteiger partial charge in [-0.3, -0.25) is 14.5 Å². The molecule has 4 aromatic heterocycles. The Morgan fingerprint density at radius 1 is 1.09 bits per heavy atom. The summed E-state index contributed by atoms with van der Waals surface area (Å²) in [6.07, 6.45) is 5.16. The largest absolute Gasteiger partial charge is 0.382 e. The number of amides is 1. The molecule has 10 heteroatoms. The molecule has 5 rings (SSSR count). The quantitative estimate of drug-likeness (QED) is 0.403. The molecule has 174 valence electrons. The number of nitrogen functional groups attached to an aromatic ring is 1. The number of rotatable bonds is 5. The average molecular weight is 466 g/mol. The second kappa shape index (κ2) is 8.90. The molecule has 0 aliphatic rings. The van der Waals surface area contributed by atoms with Gasteiger partial charge in [0.2, 0.25) is 0 Å². The van der Waals surface area contributed by atoms with Crippen molar-refractivity contribution in [2.45, 2.75) is 19.9 Å². The van der Waals surface area contributed by atoms with Gasteiger partial charge in [0.05, 0.1) is 22.9 Å². The molecule has 0 saturated heterocycles. The summed E-state index contributed by atoms with van der Waals surface area (Å²) < 4.78 is 1.67. The highest BCUT2D eigenvalue weighted by Crippen LogP contribution is 2.31. The summed E-state index contributed by atoms with van der Waals surface area (Å²) in [6, 6.07) is 12.9. The standard InChI is InChI=1S/C25H23N9O/c1-14-8-11-28-32-20(14)15(2)29-25(35)23-24(26)31-22(19-9-12-34(3)33-19)21(30-23)17-6-7-18-16(13-17)5-4-10-27-18/h4-13,15H,1-3H3,(H2,26,31)(H,29,35). The molecule has 1 atom stereocenters. The van der Waals surface area contributed by atoms with Crippen molar-refractivity contribution >= 4 is 22.6 Å². The van der Waals surface area contributed by atoms with Gasteiger partial charge < -0.3 is 11.1 Å². The van der Waals surface area contributed by atoms with E-state index in [0.29, 0.717) is 22.8 Å². The maximum atomic E-state index is 13.2. The van der Waals surface area contributed by atoms with Gasteiger partial charge in [-0.2, -0.15) is 15.3 Å². The van der Waals surface area contributed by atoms with Crippen molar-refractivity contribution in [1.82, 2.24) is 40.2 Å². The lowest BCUT2D eigenvalue weighted by Crippen LogP contribution is -2.30. The fourth-order valence-electron chi connectivity index (χ4n) is 3.93. The molecule has 1 amide bonds. The molecule has 3 N–H and O–H groups in total. The number of aryl methyl sites for hydroxylation is 2. The fraction of sp³-hybridized carbons (Fsp3) is 0.160. The third-order valence-electron chi connectivity index (χ3n) is 5.69. The molecular weight excluding hydrogens is 442 g/mol. The number of nitrogens with two attached hydrogens (primary N) is 1. The molecule has 0 fully saturated rings. The first kappa shape index (κ1) is 22.1. The molecule has 5 aromatic rings. The normalized spacial score (nSPS) is 12.0. The minimum absolute atomic E-state index is 0.0115. The number of anilines is 1. The van der Waals surface area contributed by atoms with Crippen LogP contribution in [0.25, 0.3) is 33.5 Å². The molecule has 10 nitrogen and oxygen atoms in total. The lowest BCUT2D eigenvalue weighted by Gasteiger charge is -2.16. The van der Waals surface area contributed by atoms with E-state index in [1.54, 1.807) is 17.1 Å². The number of aromatic nitrogens is 7. The zero-order chi connectivity index (χ0) is 24.5. The number of carbonyl (C=O) groups excluding carboxylic acids is 1. The number of nitrogens with one attached hydrogen (secondary N) is 1. The van der Waals surface area contributed by atoms with Gasteiger partial charge in [0, 0.05) is 36.6 Å². The third kappa shape index (κ3) is 4.29. The molecule has 35 heavy (non-hydrogen) atoms. The van der Waals surface area contributed by atoms with E-state index in [1.807, 2.05) is 69.6 Å². The highest BCUT2D eigenvalue weighted by Gasteiger charge is 2.23. The van der Waals surface area contributed by atoms with Crippen molar-refractivity contribution < 1.29 is 4.79 Å². The number of fused-ring (bicyclic) bond motifs is 1. The Labute approximate surface area is 201 Å². The van der Waals surface area contributed by atoms with Crippen LogP contribution in [0, 0.1) is 6.92 Å². The van der Waals surface area contributed by atoms with Crippen molar-refractivity contribution in [2.24, 2.45) is 7.05 Å². The molecule has 0 saturated carbocycles. The maximum Gasteiger partial charge on any atom is 0.274 e. The lowest BCUT2D eigenvalue weighted by atomic mass is 10.0. The predicted molar refractivity (Wildman–Crippen MR) is 132 cm³/mol. The topological polar surface area (TPSA) is 137 Å². The van der Waals surface area contributed by atoms with Crippen LogP contribution in [0.1, 0.15) is 34.7 Å². The molecule has 1 aromatic carbocycles. The van der Waals surface area contributed by atoms with Gasteiger partial charge in [0.15, 0.2) is 11.5 Å². The van der Waals surface area contributed by atoms with Crippen LogP contribution >= 0.6 is 0 Å². The van der Waals surface area contributed by atoms with Crippen molar-refractivity contribution in [1.29, 1.82) is 0 Å². The summed E-state index contributed by atoms with van der Waals surface area (Å²) in [4.78, 5) is 26.9. The number of benzene rings is 1. The van der Waals surface area contributed by atoms with Crippen LogP contribution in [-0.4, -0.2) is 40.8 Å². The highest BCUT2D eigenvalue weighted by atomic mass is 16.2. The van der Waals surface area contributed by atoms with E-state index in [9.17, 15) is 4.79 Å². The summed E-state index contributed by atoms with van der Waals surface area (Å²) >= 11 is 0. The van der Waals surface area contributed by atoms with Gasteiger partial charge >= 0.3 is 0 Å². The van der Waals surface area contributed by atoms with E-state index in [-0.39, 0.29) is 11.5 Å². The van der Waals surface area contributed by atoms with Gasteiger partial charge in [-0.25, -0.2) is 9.97 Å². The molecule has 0 radical (unpaired) electrons. The van der Waals surface area contributed by atoms with Gasteiger partial charge in [-0.1, -0.05) is 12.1 Å². The number of hydrogen-bond acceptors (Lipinski definition) is 8. The van der Waals surface area contributed by atoms with Crippen LogP contribution in [0.5, 0.6) is 0 Å². The minimum Gasteiger partial charge on any atom is -0.382 e. The minimum atomic E-state index is -0.455. The van der Waals surface area contributed by atoms with Crippen LogP contribution < -0.4 is 11.1 Å². The number of pyridine rings is 1. The molecule has 0 bridgehead atoms. The first-order valence-electron chi connectivity index (χ1n) is 11.0. The summed E-state index contributed by atoms with van der Waals surface area (Å²) in [5.41, 5.74) is 11.1. The monoisotopic (exact) mass is 465 g/mol. The Morgan fingerprint density at radius 3 is 2.71 bits per heavy atom. The summed E-state index contributed by atoms with van der Waals surface area (Å²) in [5.74, 6) is -0.443. The van der Waals surface area contributed by atoms with E-state index < -0.39 is 11.9 Å².